The number of ether oxygens (including phenoxy) is 4. The largest absolute Gasteiger partial charge is 0.478 e. The van der Waals surface area contributed by atoms with Crippen molar-refractivity contribution in [2.45, 2.75) is 52.1 Å². The minimum Gasteiger partial charge on any atom is -0.478 e. The fraction of sp³-hybridized carbons (Fsp3) is 0.286. The van der Waals surface area contributed by atoms with Crippen molar-refractivity contribution in [2.24, 2.45) is 0 Å². The first-order chi connectivity index (χ1) is 20.6. The van der Waals surface area contributed by atoms with Crippen LogP contribution in [-0.2, 0) is 47.7 Å². The summed E-state index contributed by atoms with van der Waals surface area (Å²) in [6.07, 6.45) is -8.61. The summed E-state index contributed by atoms with van der Waals surface area (Å²) in [6, 6.07) is 9.77. The Bertz CT molecular complexity index is 1360. The highest BCUT2D eigenvalue weighted by atomic mass is 16.6. The lowest BCUT2D eigenvalue weighted by molar-refractivity contribution is -0.198. The molecule has 0 aliphatic heterocycles. The van der Waals surface area contributed by atoms with E-state index in [0.717, 1.165) is 39.8 Å². The molecule has 0 fully saturated rings. The van der Waals surface area contributed by atoms with Crippen LogP contribution < -0.4 is 10.6 Å². The van der Waals surface area contributed by atoms with Gasteiger partial charge in [-0.1, -0.05) is 12.1 Å². The minimum atomic E-state index is -2.17. The Hall–Kier alpha value is -5.80. The number of hydrogen-bond donors (Lipinski definition) is 4. The highest BCUT2D eigenvalue weighted by molar-refractivity contribution is 5.99. The van der Waals surface area contributed by atoms with Crippen molar-refractivity contribution in [1.29, 1.82) is 0 Å². The molecule has 2 aromatic carbocycles. The number of rotatable bonds is 13. The topological polar surface area (TPSA) is 238 Å². The first kappa shape index (κ1) is 34.4. The van der Waals surface area contributed by atoms with Crippen LogP contribution in [-0.4, -0.2) is 82.3 Å². The number of esters is 4. The number of amides is 2. The first-order valence-corrected chi connectivity index (χ1v) is 12.6. The summed E-state index contributed by atoms with van der Waals surface area (Å²) in [7, 11) is 0. The lowest BCUT2D eigenvalue weighted by Gasteiger charge is -2.34. The van der Waals surface area contributed by atoms with Crippen molar-refractivity contribution in [1.82, 2.24) is 0 Å². The molecule has 0 aliphatic rings. The van der Waals surface area contributed by atoms with E-state index in [1.807, 2.05) is 0 Å². The lowest BCUT2D eigenvalue weighted by atomic mass is 9.99. The number of hydrogen-bond acceptors (Lipinski definition) is 12. The molecule has 0 heterocycles. The van der Waals surface area contributed by atoms with Gasteiger partial charge in [0, 0.05) is 39.1 Å². The molecule has 2 aromatic rings. The quantitative estimate of drug-likeness (QED) is 0.184. The maximum Gasteiger partial charge on any atom is 0.335 e. The van der Waals surface area contributed by atoms with Gasteiger partial charge in [-0.05, 0) is 36.4 Å². The summed E-state index contributed by atoms with van der Waals surface area (Å²) < 4.78 is 20.6. The van der Waals surface area contributed by atoms with Crippen molar-refractivity contribution in [3.05, 3.63) is 59.7 Å². The zero-order valence-corrected chi connectivity index (χ0v) is 23.7. The molecule has 234 valence electrons. The fourth-order valence-corrected chi connectivity index (χ4v) is 3.77. The van der Waals surface area contributed by atoms with Crippen molar-refractivity contribution >= 4 is 59.0 Å². The summed E-state index contributed by atoms with van der Waals surface area (Å²) in [5.41, 5.74) is -0.630. The number of carbonyl (C=O) groups excluding carboxylic acids is 6. The number of carboxylic acid groups (broad SMARTS) is 2. The van der Waals surface area contributed by atoms with E-state index < -0.39 is 72.0 Å². The van der Waals surface area contributed by atoms with Gasteiger partial charge in [-0.25, -0.2) is 9.59 Å². The normalized spacial score (nSPS) is 13.1. The van der Waals surface area contributed by atoms with Crippen LogP contribution in [0.3, 0.4) is 0 Å². The van der Waals surface area contributed by atoms with Crippen LogP contribution in [0.4, 0.5) is 11.4 Å². The summed E-state index contributed by atoms with van der Waals surface area (Å²) in [5.74, 6) is -9.50. The second kappa shape index (κ2) is 15.4. The zero-order chi connectivity index (χ0) is 33.1. The van der Waals surface area contributed by atoms with Crippen LogP contribution in [0.1, 0.15) is 48.4 Å². The number of nitrogens with one attached hydrogen (secondary N) is 2. The lowest BCUT2D eigenvalue weighted by Crippen LogP contribution is -2.57. The SMILES string of the molecule is CC(=O)OC(C(=O)Nc1cccc(C(=O)O)c1)C(OC(C)=O)C(OC(C)=O)C(OC(C)=O)C(=O)Nc1cccc(C(=O)O)c1. The van der Waals surface area contributed by atoms with Gasteiger partial charge in [0.05, 0.1) is 11.1 Å². The van der Waals surface area contributed by atoms with Crippen LogP contribution >= 0.6 is 0 Å². The molecule has 16 heteroatoms. The van der Waals surface area contributed by atoms with Crippen LogP contribution in [0.25, 0.3) is 0 Å². The first-order valence-electron chi connectivity index (χ1n) is 12.6. The predicted molar refractivity (Wildman–Crippen MR) is 146 cm³/mol. The second-order valence-corrected chi connectivity index (χ2v) is 8.96. The highest BCUT2D eigenvalue weighted by Gasteiger charge is 2.49. The summed E-state index contributed by atoms with van der Waals surface area (Å²) in [6.45, 7) is 3.55. The molecule has 2 rings (SSSR count). The Morgan fingerprint density at radius 2 is 0.864 bits per heavy atom. The standard InChI is InChI=1S/C28H28N2O14/c1-13(31)41-21(23(43-15(3)33)25(35)29-19-9-5-7-17(11-19)27(37)38)22(42-14(2)32)24(44-16(4)34)26(36)30-20-10-6-8-18(12-20)28(39)40/h5-12,21-24H,1-4H3,(H,29,35)(H,30,36)(H,37,38)(H,39,40). The molecule has 0 saturated heterocycles. The Morgan fingerprint density at radius 3 is 1.14 bits per heavy atom. The van der Waals surface area contributed by atoms with E-state index in [1.165, 1.54) is 36.4 Å². The van der Waals surface area contributed by atoms with Crippen LogP contribution in [0, 0.1) is 0 Å². The van der Waals surface area contributed by atoms with Crippen LogP contribution in [0.2, 0.25) is 0 Å². The van der Waals surface area contributed by atoms with Crippen molar-refractivity contribution < 1.29 is 67.5 Å². The average Bonchev–Trinajstić information content (AvgIpc) is 2.92. The van der Waals surface area contributed by atoms with Gasteiger partial charge in [0.25, 0.3) is 11.8 Å². The predicted octanol–water partition coefficient (Wildman–Crippen LogP) is 1.39. The number of benzene rings is 2. The van der Waals surface area contributed by atoms with Crippen LogP contribution in [0.5, 0.6) is 0 Å². The third-order valence-electron chi connectivity index (χ3n) is 5.38. The Labute approximate surface area is 249 Å². The molecule has 0 radical (unpaired) electrons. The fourth-order valence-electron chi connectivity index (χ4n) is 3.77. The molecule has 0 aliphatic carbocycles. The van der Waals surface area contributed by atoms with Gasteiger partial charge in [-0.2, -0.15) is 0 Å². The number of carbonyl (C=O) groups is 8. The third kappa shape index (κ3) is 10.2. The maximum absolute atomic E-state index is 13.4. The molecule has 4 atom stereocenters. The Balaban J connectivity index is 2.63. The third-order valence-corrected chi connectivity index (χ3v) is 5.38. The number of anilines is 2. The smallest absolute Gasteiger partial charge is 0.335 e. The molecular formula is C28H28N2O14. The molecular weight excluding hydrogens is 588 g/mol. The van der Waals surface area contributed by atoms with Gasteiger partial charge < -0.3 is 39.8 Å². The Morgan fingerprint density at radius 1 is 0.545 bits per heavy atom. The minimum absolute atomic E-state index is 0.0924. The summed E-state index contributed by atoms with van der Waals surface area (Å²) in [4.78, 5) is 98.0. The van der Waals surface area contributed by atoms with E-state index in [9.17, 15) is 48.6 Å². The van der Waals surface area contributed by atoms with Crippen LogP contribution in [0.15, 0.2) is 48.5 Å². The summed E-state index contributed by atoms with van der Waals surface area (Å²) >= 11 is 0. The van der Waals surface area contributed by atoms with Crippen molar-refractivity contribution in [2.75, 3.05) is 10.6 Å². The van der Waals surface area contributed by atoms with Gasteiger partial charge in [-0.3, -0.25) is 28.8 Å². The number of carboxylic acids is 2. The average molecular weight is 617 g/mol. The monoisotopic (exact) mass is 616 g/mol. The van der Waals surface area contributed by atoms with Crippen molar-refractivity contribution in [3.63, 3.8) is 0 Å². The van der Waals surface area contributed by atoms with Gasteiger partial charge in [0.1, 0.15) is 0 Å². The maximum atomic E-state index is 13.4. The molecule has 0 aromatic heterocycles. The summed E-state index contributed by atoms with van der Waals surface area (Å²) in [5, 5.41) is 23.1. The highest BCUT2D eigenvalue weighted by Crippen LogP contribution is 2.23. The van der Waals surface area contributed by atoms with Crippen molar-refractivity contribution in [3.8, 4) is 0 Å². The molecule has 0 saturated carbocycles. The van der Waals surface area contributed by atoms with E-state index in [0.29, 0.717) is 0 Å². The van der Waals surface area contributed by atoms with Gasteiger partial charge in [0.15, 0.2) is 12.2 Å². The van der Waals surface area contributed by atoms with Gasteiger partial charge in [0.2, 0.25) is 12.2 Å². The van der Waals surface area contributed by atoms with E-state index >= 15 is 0 Å². The van der Waals surface area contributed by atoms with Gasteiger partial charge in [-0.15, -0.1) is 0 Å². The molecule has 0 spiro atoms. The molecule has 4 unspecified atom stereocenters. The molecule has 0 bridgehead atoms. The van der Waals surface area contributed by atoms with E-state index in [1.54, 1.807) is 0 Å². The van der Waals surface area contributed by atoms with Gasteiger partial charge >= 0.3 is 35.8 Å². The number of aromatic carboxylic acids is 2. The molecule has 4 N–H and O–H groups in total. The molecule has 16 nitrogen and oxygen atoms in total. The molecule has 2 amide bonds. The van der Waals surface area contributed by atoms with E-state index in [2.05, 4.69) is 10.6 Å². The molecule has 44 heavy (non-hydrogen) atoms. The zero-order valence-electron chi connectivity index (χ0n) is 23.7. The van der Waals surface area contributed by atoms with E-state index in [-0.39, 0.29) is 22.5 Å². The van der Waals surface area contributed by atoms with E-state index in [4.69, 9.17) is 18.9 Å². The Kier molecular flexibility index (Phi) is 12.1. The second-order valence-electron chi connectivity index (χ2n) is 8.96.